The van der Waals surface area contributed by atoms with Crippen molar-refractivity contribution in [1.82, 2.24) is 0 Å². The Morgan fingerprint density at radius 3 is 2.79 bits per heavy atom. The van der Waals surface area contributed by atoms with Crippen molar-refractivity contribution in [2.45, 2.75) is 6.42 Å². The van der Waals surface area contributed by atoms with E-state index < -0.39 is 17.5 Å². The van der Waals surface area contributed by atoms with Crippen molar-refractivity contribution < 1.29 is 13.6 Å². The molecule has 1 amide bonds. The van der Waals surface area contributed by atoms with Crippen LogP contribution in [0.15, 0.2) is 23.2 Å². The van der Waals surface area contributed by atoms with E-state index in [1.54, 1.807) is 0 Å². The highest BCUT2D eigenvalue weighted by Crippen LogP contribution is 2.10. The molecule has 2 nitrogen and oxygen atoms in total. The average Bonchev–Trinajstić information content (AvgIpc) is 2.10. The van der Waals surface area contributed by atoms with Crippen LogP contribution in [0.25, 0.3) is 0 Å². The number of aliphatic imine (C=N–C) groups is 1. The molecule has 0 aromatic heterocycles. The van der Waals surface area contributed by atoms with Crippen molar-refractivity contribution in [1.29, 1.82) is 0 Å². The second kappa shape index (κ2) is 4.69. The summed E-state index contributed by atoms with van der Waals surface area (Å²) >= 11 is 4.21. The first-order valence-electron chi connectivity index (χ1n) is 3.68. The van der Waals surface area contributed by atoms with Gasteiger partial charge in [-0.05, 0) is 23.8 Å². The Hall–Kier alpha value is -1.45. The van der Waals surface area contributed by atoms with Crippen LogP contribution in [-0.4, -0.2) is 11.1 Å². The van der Waals surface area contributed by atoms with Crippen LogP contribution in [0.4, 0.5) is 8.78 Å². The number of benzene rings is 1. The van der Waals surface area contributed by atoms with E-state index in [-0.39, 0.29) is 12.0 Å². The molecule has 0 saturated heterocycles. The van der Waals surface area contributed by atoms with E-state index in [0.29, 0.717) is 6.07 Å². The minimum Gasteiger partial charge on any atom is -0.271 e. The monoisotopic (exact) mass is 213 g/mol. The number of isothiocyanates is 1. The van der Waals surface area contributed by atoms with Crippen LogP contribution in [0.1, 0.15) is 5.56 Å². The van der Waals surface area contributed by atoms with Gasteiger partial charge in [0, 0.05) is 6.07 Å². The van der Waals surface area contributed by atoms with Crippen molar-refractivity contribution in [3.8, 4) is 0 Å². The van der Waals surface area contributed by atoms with E-state index >= 15 is 0 Å². The van der Waals surface area contributed by atoms with Crippen LogP contribution >= 0.6 is 12.2 Å². The van der Waals surface area contributed by atoms with E-state index in [1.165, 1.54) is 6.07 Å². The van der Waals surface area contributed by atoms with Gasteiger partial charge in [0.05, 0.1) is 11.6 Å². The molecule has 0 aliphatic heterocycles. The molecule has 5 heteroatoms. The summed E-state index contributed by atoms with van der Waals surface area (Å²) in [6.07, 6.45) is -0.240. The highest BCUT2D eigenvalue weighted by atomic mass is 32.1. The molecule has 14 heavy (non-hydrogen) atoms. The van der Waals surface area contributed by atoms with E-state index in [0.717, 1.165) is 6.07 Å². The zero-order valence-electron chi connectivity index (χ0n) is 6.96. The minimum atomic E-state index is -0.766. The third-order valence-electron chi connectivity index (χ3n) is 1.53. The molecular formula is C9H5F2NOS. The lowest BCUT2D eigenvalue weighted by atomic mass is 10.1. The Morgan fingerprint density at radius 1 is 1.50 bits per heavy atom. The second-order valence-corrected chi connectivity index (χ2v) is 2.69. The Morgan fingerprint density at radius 2 is 2.21 bits per heavy atom. The molecular weight excluding hydrogens is 208 g/mol. The van der Waals surface area contributed by atoms with Crippen LogP contribution in [-0.2, 0) is 11.2 Å². The topological polar surface area (TPSA) is 29.4 Å². The Bertz CT molecular complexity index is 413. The number of nitrogens with zero attached hydrogens (tertiary/aromatic N) is 1. The molecule has 0 radical (unpaired) electrons. The van der Waals surface area contributed by atoms with Gasteiger partial charge in [0.2, 0.25) is 0 Å². The first-order valence-corrected chi connectivity index (χ1v) is 4.09. The van der Waals surface area contributed by atoms with Gasteiger partial charge in [-0.25, -0.2) is 8.78 Å². The second-order valence-electron chi connectivity index (χ2n) is 2.51. The molecule has 0 aliphatic rings. The number of carbonyl (C=O) groups is 1. The lowest BCUT2D eigenvalue weighted by Gasteiger charge is -1.98. The van der Waals surface area contributed by atoms with Crippen molar-refractivity contribution >= 4 is 23.3 Å². The third kappa shape index (κ3) is 2.80. The number of rotatable bonds is 2. The number of carbonyl (C=O) groups excluding carboxylic acids is 1. The fourth-order valence-corrected chi connectivity index (χ4v) is 1.02. The highest BCUT2D eigenvalue weighted by Gasteiger charge is 2.07. The third-order valence-corrected chi connectivity index (χ3v) is 1.62. The first kappa shape index (κ1) is 10.6. The molecule has 72 valence electrons. The number of amides is 1. The van der Waals surface area contributed by atoms with Gasteiger partial charge >= 0.3 is 0 Å². The molecule has 0 aliphatic carbocycles. The summed E-state index contributed by atoms with van der Waals surface area (Å²) in [7, 11) is 0. The summed E-state index contributed by atoms with van der Waals surface area (Å²) < 4.78 is 25.4. The van der Waals surface area contributed by atoms with E-state index in [4.69, 9.17) is 0 Å². The fourth-order valence-electron chi connectivity index (χ4n) is 0.918. The zero-order valence-corrected chi connectivity index (χ0v) is 7.78. The van der Waals surface area contributed by atoms with Crippen molar-refractivity contribution in [3.05, 3.63) is 35.4 Å². The normalized spacial score (nSPS) is 9.29. The summed E-state index contributed by atoms with van der Waals surface area (Å²) in [5, 5.41) is 1.88. The first-order chi connectivity index (χ1) is 6.63. The van der Waals surface area contributed by atoms with Gasteiger partial charge in [-0.1, -0.05) is 6.07 Å². The van der Waals surface area contributed by atoms with Crippen LogP contribution in [0.2, 0.25) is 0 Å². The van der Waals surface area contributed by atoms with E-state index in [1.807, 2.05) is 5.16 Å². The Kier molecular flexibility index (Phi) is 3.56. The van der Waals surface area contributed by atoms with Crippen molar-refractivity contribution in [2.75, 3.05) is 0 Å². The van der Waals surface area contributed by atoms with Crippen LogP contribution < -0.4 is 0 Å². The zero-order chi connectivity index (χ0) is 10.6. The Balaban J connectivity index is 2.87. The molecule has 1 aromatic carbocycles. The Labute approximate surface area is 84.3 Å². The molecule has 0 N–H and O–H groups in total. The van der Waals surface area contributed by atoms with Gasteiger partial charge in [0.1, 0.15) is 11.6 Å². The SMILES string of the molecule is O=C(Cc1ccc(F)cc1F)N=C=S. The minimum absolute atomic E-state index is 0.0883. The van der Waals surface area contributed by atoms with Gasteiger partial charge in [0.25, 0.3) is 5.91 Å². The number of thiocarbonyl (C=S) groups is 1. The van der Waals surface area contributed by atoms with E-state index in [9.17, 15) is 13.6 Å². The predicted molar refractivity (Wildman–Crippen MR) is 50.1 cm³/mol. The maximum atomic E-state index is 13.0. The van der Waals surface area contributed by atoms with E-state index in [2.05, 4.69) is 17.2 Å². The smallest absolute Gasteiger partial charge is 0.259 e. The molecule has 1 rings (SSSR count). The fraction of sp³-hybridized carbons (Fsp3) is 0.111. The van der Waals surface area contributed by atoms with Gasteiger partial charge in [0.15, 0.2) is 0 Å². The highest BCUT2D eigenvalue weighted by molar-refractivity contribution is 7.78. The summed E-state index contributed by atoms with van der Waals surface area (Å²) in [6.45, 7) is 0. The van der Waals surface area contributed by atoms with Gasteiger partial charge in [-0.2, -0.15) is 4.99 Å². The maximum absolute atomic E-state index is 13.0. The van der Waals surface area contributed by atoms with Crippen molar-refractivity contribution in [2.24, 2.45) is 4.99 Å². The lowest BCUT2D eigenvalue weighted by Crippen LogP contribution is -2.01. The molecule has 0 heterocycles. The molecule has 0 saturated carbocycles. The van der Waals surface area contributed by atoms with Crippen LogP contribution in [0.5, 0.6) is 0 Å². The van der Waals surface area contributed by atoms with Gasteiger partial charge in [-0.15, -0.1) is 0 Å². The van der Waals surface area contributed by atoms with Gasteiger partial charge in [-0.3, -0.25) is 4.79 Å². The standard InChI is InChI=1S/C9H5F2NOS/c10-7-2-1-6(8(11)4-7)3-9(13)12-5-14/h1-2,4H,3H2. The molecule has 0 unspecified atom stereocenters. The molecule has 0 bridgehead atoms. The number of hydrogen-bond donors (Lipinski definition) is 0. The van der Waals surface area contributed by atoms with Crippen LogP contribution in [0.3, 0.4) is 0 Å². The largest absolute Gasteiger partial charge is 0.271 e. The quantitative estimate of drug-likeness (QED) is 0.556. The summed E-state index contributed by atoms with van der Waals surface area (Å²) in [5.74, 6) is -2.06. The number of halogens is 2. The van der Waals surface area contributed by atoms with Crippen molar-refractivity contribution in [3.63, 3.8) is 0 Å². The summed E-state index contributed by atoms with van der Waals surface area (Å²) in [5.41, 5.74) is 0.0883. The molecule has 0 fully saturated rings. The average molecular weight is 213 g/mol. The summed E-state index contributed by atoms with van der Waals surface area (Å²) in [4.78, 5) is 14.0. The lowest BCUT2D eigenvalue weighted by molar-refractivity contribution is -0.117. The van der Waals surface area contributed by atoms with Gasteiger partial charge < -0.3 is 0 Å². The van der Waals surface area contributed by atoms with Crippen LogP contribution in [0, 0.1) is 11.6 Å². The molecule has 0 spiro atoms. The summed E-state index contributed by atoms with van der Waals surface area (Å²) in [6, 6.07) is 2.98. The maximum Gasteiger partial charge on any atom is 0.259 e. The molecule has 1 aromatic rings. The predicted octanol–water partition coefficient (Wildman–Crippen LogP) is 2.14. The molecule has 0 atom stereocenters. The number of hydrogen-bond acceptors (Lipinski definition) is 2.